The smallest absolute Gasteiger partial charge is 0.211 e. The van der Waals surface area contributed by atoms with Crippen LogP contribution in [0.2, 0.25) is 51.4 Å². The monoisotopic (exact) mass is 388 g/mol. The fourth-order valence-electron chi connectivity index (χ4n) is 1.44. The van der Waals surface area contributed by atoms with Crippen LogP contribution >= 0.6 is 0 Å². The molecule has 0 aromatic carbocycles. The van der Waals surface area contributed by atoms with Crippen molar-refractivity contribution in [2.24, 2.45) is 0 Å². The first-order valence-electron chi connectivity index (χ1n) is 7.57. The van der Waals surface area contributed by atoms with E-state index in [1.165, 1.54) is 0 Å². The number of rotatable bonds is 11. The van der Waals surface area contributed by atoms with Gasteiger partial charge in [-0.15, -0.1) is 0 Å². The van der Waals surface area contributed by atoms with Gasteiger partial charge in [-0.2, -0.15) is 0 Å². The van der Waals surface area contributed by atoms with Crippen molar-refractivity contribution >= 4 is 36.2 Å². The minimum atomic E-state index is -3.31. The second-order valence-electron chi connectivity index (χ2n) is 8.05. The first-order chi connectivity index (χ1) is 9.62. The lowest BCUT2D eigenvalue weighted by Gasteiger charge is -2.16. The Hall–Kier alpha value is 0.254. The zero-order valence-corrected chi connectivity index (χ0v) is 18.3. The molecule has 2 N–H and O–H groups in total. The van der Waals surface area contributed by atoms with E-state index in [0.717, 1.165) is 0 Å². The van der Waals surface area contributed by atoms with Crippen molar-refractivity contribution in [1.29, 1.82) is 0 Å². The van der Waals surface area contributed by atoms with Crippen molar-refractivity contribution in [3.8, 4) is 0 Å². The fraction of sp³-hybridized carbons (Fsp3) is 1.00. The minimum Gasteiger partial charge on any atom is -0.214 e. The van der Waals surface area contributed by atoms with E-state index >= 15 is 0 Å². The lowest BCUT2D eigenvalue weighted by atomic mass is 10.7. The molecule has 0 radical (unpaired) electrons. The minimum absolute atomic E-state index is 0.0974. The summed E-state index contributed by atoms with van der Waals surface area (Å²) in [6, 6.07) is 1.40. The highest BCUT2D eigenvalue weighted by Crippen LogP contribution is 2.10. The highest BCUT2D eigenvalue weighted by Gasteiger charge is 2.20. The maximum absolute atomic E-state index is 11.8. The molecule has 0 aliphatic heterocycles. The molecule has 0 fully saturated rings. The summed E-state index contributed by atoms with van der Waals surface area (Å²) in [5.41, 5.74) is 0. The summed E-state index contributed by atoms with van der Waals surface area (Å²) in [7, 11) is -9.42. The molecule has 0 aliphatic rings. The molecule has 0 aliphatic carbocycles. The van der Waals surface area contributed by atoms with E-state index in [2.05, 4.69) is 48.7 Å². The first-order valence-corrected chi connectivity index (χ1v) is 18.3. The summed E-state index contributed by atoms with van der Waals surface area (Å²) in [5, 5.41) is 0. The quantitative estimate of drug-likeness (QED) is 0.414. The topological polar surface area (TPSA) is 92.3 Å². The van der Waals surface area contributed by atoms with E-state index in [0.29, 0.717) is 12.1 Å². The zero-order chi connectivity index (χ0) is 17.7. The third-order valence-electron chi connectivity index (χ3n) is 3.01. The van der Waals surface area contributed by atoms with Gasteiger partial charge in [0.15, 0.2) is 0 Å². The highest BCUT2D eigenvalue weighted by atomic mass is 32.2. The summed E-state index contributed by atoms with van der Waals surface area (Å²) in [5.74, 6) is 0.232. The van der Waals surface area contributed by atoms with Gasteiger partial charge in [0.1, 0.15) is 0 Å². The standard InChI is InChI=1S/C12H32N2O4S2Si2/c1-21(2,3)11-9-19(15,16)13-7-8-14-20(17,18)10-12-22(4,5)6/h13-14H,7-12H2,1-6H3. The molecule has 0 bridgehead atoms. The maximum Gasteiger partial charge on any atom is 0.211 e. The zero-order valence-electron chi connectivity index (χ0n) is 14.7. The van der Waals surface area contributed by atoms with Crippen molar-refractivity contribution in [2.75, 3.05) is 24.6 Å². The van der Waals surface area contributed by atoms with Gasteiger partial charge in [0.2, 0.25) is 20.0 Å². The Bertz CT molecular complexity index is 484. The molecule has 0 rings (SSSR count). The molecule has 0 unspecified atom stereocenters. The average molecular weight is 389 g/mol. The Labute approximate surface area is 138 Å². The van der Waals surface area contributed by atoms with Crippen molar-refractivity contribution in [1.82, 2.24) is 9.44 Å². The molecule has 6 nitrogen and oxygen atoms in total. The van der Waals surface area contributed by atoms with Crippen molar-refractivity contribution in [3.05, 3.63) is 0 Å². The van der Waals surface area contributed by atoms with Gasteiger partial charge in [0.05, 0.1) is 11.5 Å². The average Bonchev–Trinajstić information content (AvgIpc) is 2.29. The Morgan fingerprint density at radius 2 is 0.909 bits per heavy atom. The highest BCUT2D eigenvalue weighted by molar-refractivity contribution is 7.89. The van der Waals surface area contributed by atoms with Crippen LogP contribution in [0.15, 0.2) is 0 Å². The third kappa shape index (κ3) is 13.9. The van der Waals surface area contributed by atoms with Gasteiger partial charge >= 0.3 is 0 Å². The lowest BCUT2D eigenvalue weighted by molar-refractivity contribution is 0.571. The van der Waals surface area contributed by atoms with Crippen LogP contribution in [0.3, 0.4) is 0 Å². The molecule has 0 atom stereocenters. The van der Waals surface area contributed by atoms with Crippen molar-refractivity contribution < 1.29 is 16.8 Å². The predicted octanol–water partition coefficient (Wildman–Crippen LogP) is 1.50. The number of sulfonamides is 2. The molecule has 0 saturated heterocycles. The second kappa shape index (κ2) is 8.38. The van der Waals surface area contributed by atoms with Gasteiger partial charge in [0, 0.05) is 29.2 Å². The van der Waals surface area contributed by atoms with E-state index in [1.54, 1.807) is 0 Å². The van der Waals surface area contributed by atoms with Gasteiger partial charge < -0.3 is 0 Å². The van der Waals surface area contributed by atoms with Crippen LogP contribution in [0.4, 0.5) is 0 Å². The Morgan fingerprint density at radius 3 is 1.14 bits per heavy atom. The summed E-state index contributed by atoms with van der Waals surface area (Å²) < 4.78 is 52.1. The van der Waals surface area contributed by atoms with E-state index in [1.807, 2.05) is 0 Å². The fourth-order valence-corrected chi connectivity index (χ4v) is 9.60. The Balaban J connectivity index is 4.11. The normalized spacial score (nSPS) is 14.3. The molecule has 0 saturated carbocycles. The molecular formula is C12H32N2O4S2Si2. The van der Waals surface area contributed by atoms with Crippen molar-refractivity contribution in [2.45, 2.75) is 51.4 Å². The largest absolute Gasteiger partial charge is 0.214 e. The van der Waals surface area contributed by atoms with Crippen LogP contribution in [0.5, 0.6) is 0 Å². The molecule has 22 heavy (non-hydrogen) atoms. The van der Waals surface area contributed by atoms with Crippen LogP contribution in [0, 0.1) is 0 Å². The molecular weight excluding hydrogens is 356 g/mol. The van der Waals surface area contributed by atoms with Crippen LogP contribution < -0.4 is 9.44 Å². The second-order valence-corrected chi connectivity index (χ2v) is 23.1. The summed E-state index contributed by atoms with van der Waals surface area (Å²) in [6.07, 6.45) is 0. The number of nitrogens with one attached hydrogen (secondary N) is 2. The van der Waals surface area contributed by atoms with E-state index in [-0.39, 0.29) is 24.6 Å². The summed E-state index contributed by atoms with van der Waals surface area (Å²) in [4.78, 5) is 0. The first kappa shape index (κ1) is 22.3. The Morgan fingerprint density at radius 1 is 0.636 bits per heavy atom. The number of hydrogen-bond donors (Lipinski definition) is 2. The van der Waals surface area contributed by atoms with E-state index in [4.69, 9.17) is 0 Å². The van der Waals surface area contributed by atoms with Gasteiger partial charge in [-0.05, 0) is 12.1 Å². The van der Waals surface area contributed by atoms with Gasteiger partial charge in [-0.25, -0.2) is 26.3 Å². The summed E-state index contributed by atoms with van der Waals surface area (Å²) in [6.45, 7) is 12.9. The molecule has 0 spiro atoms. The van der Waals surface area contributed by atoms with Crippen molar-refractivity contribution in [3.63, 3.8) is 0 Å². The Kier molecular flexibility index (Phi) is 8.48. The van der Waals surface area contributed by atoms with Crippen LogP contribution in [0.25, 0.3) is 0 Å². The SMILES string of the molecule is C[Si](C)(C)CCS(=O)(=O)NCCNS(=O)(=O)CC[Si](C)(C)C. The van der Waals surface area contributed by atoms with Crippen LogP contribution in [-0.2, 0) is 20.0 Å². The van der Waals surface area contributed by atoms with E-state index in [9.17, 15) is 16.8 Å². The van der Waals surface area contributed by atoms with Gasteiger partial charge in [-0.3, -0.25) is 0 Å². The van der Waals surface area contributed by atoms with Crippen LogP contribution in [-0.4, -0.2) is 57.6 Å². The number of hydrogen-bond acceptors (Lipinski definition) is 4. The molecule has 0 aromatic rings. The molecule has 0 heterocycles. The third-order valence-corrected chi connectivity index (χ3v) is 10.0. The maximum atomic E-state index is 11.8. The van der Waals surface area contributed by atoms with E-state index < -0.39 is 36.2 Å². The molecule has 0 amide bonds. The van der Waals surface area contributed by atoms with Crippen LogP contribution in [0.1, 0.15) is 0 Å². The molecule has 10 heteroatoms. The summed E-state index contributed by atoms with van der Waals surface area (Å²) >= 11 is 0. The molecule has 0 aromatic heterocycles. The van der Waals surface area contributed by atoms with Gasteiger partial charge in [0.25, 0.3) is 0 Å². The lowest BCUT2D eigenvalue weighted by Crippen LogP contribution is -2.38. The van der Waals surface area contributed by atoms with Gasteiger partial charge in [-0.1, -0.05) is 39.3 Å². The molecule has 134 valence electrons. The predicted molar refractivity (Wildman–Crippen MR) is 99.9 cm³/mol.